The van der Waals surface area contributed by atoms with Crippen molar-refractivity contribution >= 4 is 23.5 Å². The Labute approximate surface area is 164 Å². The SMILES string of the molecule is CN1C(=O)N[C@H](c2ccccc2Cl)C2=C1CN(CC[NH+]1CCCCC1)C2=O. The van der Waals surface area contributed by atoms with Gasteiger partial charge in [0, 0.05) is 12.1 Å². The second kappa shape index (κ2) is 7.52. The molecule has 1 saturated heterocycles. The van der Waals surface area contributed by atoms with Crippen molar-refractivity contribution in [2.24, 2.45) is 0 Å². The van der Waals surface area contributed by atoms with Crippen molar-refractivity contribution in [2.45, 2.75) is 25.3 Å². The fraction of sp³-hybridized carbons (Fsp3) is 0.500. The second-order valence-corrected chi connectivity index (χ2v) is 8.02. The highest BCUT2D eigenvalue weighted by Crippen LogP contribution is 2.37. The van der Waals surface area contributed by atoms with Crippen LogP contribution in [-0.4, -0.2) is 61.5 Å². The summed E-state index contributed by atoms with van der Waals surface area (Å²) in [5.74, 6) is 0.0122. The van der Waals surface area contributed by atoms with Gasteiger partial charge in [0.15, 0.2) is 0 Å². The van der Waals surface area contributed by atoms with E-state index in [1.54, 1.807) is 22.9 Å². The van der Waals surface area contributed by atoms with Gasteiger partial charge in [-0.25, -0.2) is 4.79 Å². The number of carbonyl (C=O) groups is 2. The number of likely N-dealkylation sites (N-methyl/N-ethyl adjacent to an activating group) is 1. The molecule has 3 amide bonds. The molecule has 0 bridgehead atoms. The van der Waals surface area contributed by atoms with E-state index in [2.05, 4.69) is 5.32 Å². The molecule has 4 rings (SSSR count). The Bertz CT molecular complexity index is 788. The van der Waals surface area contributed by atoms with Crippen molar-refractivity contribution in [3.63, 3.8) is 0 Å². The summed E-state index contributed by atoms with van der Waals surface area (Å²) in [5, 5.41) is 3.50. The van der Waals surface area contributed by atoms with E-state index in [9.17, 15) is 9.59 Å². The first-order valence-electron chi connectivity index (χ1n) is 9.71. The van der Waals surface area contributed by atoms with Crippen LogP contribution >= 0.6 is 11.6 Å². The van der Waals surface area contributed by atoms with Gasteiger partial charge in [0.05, 0.1) is 50.0 Å². The highest BCUT2D eigenvalue weighted by atomic mass is 35.5. The van der Waals surface area contributed by atoms with E-state index < -0.39 is 6.04 Å². The zero-order valence-electron chi connectivity index (χ0n) is 15.6. The summed E-state index contributed by atoms with van der Waals surface area (Å²) in [4.78, 5) is 30.7. The molecule has 7 heteroatoms. The van der Waals surface area contributed by atoms with Crippen LogP contribution in [0.2, 0.25) is 5.02 Å². The maximum atomic E-state index is 13.2. The van der Waals surface area contributed by atoms with E-state index in [0.29, 0.717) is 17.1 Å². The Balaban J connectivity index is 1.56. The first-order chi connectivity index (χ1) is 13.1. The molecule has 27 heavy (non-hydrogen) atoms. The van der Waals surface area contributed by atoms with Crippen LogP contribution in [0.3, 0.4) is 0 Å². The number of piperidine rings is 1. The minimum atomic E-state index is -0.489. The number of benzene rings is 1. The average Bonchev–Trinajstić information content (AvgIpc) is 3.01. The third kappa shape index (κ3) is 3.44. The second-order valence-electron chi connectivity index (χ2n) is 7.61. The molecular weight excluding hydrogens is 364 g/mol. The van der Waals surface area contributed by atoms with Crippen LogP contribution in [0.4, 0.5) is 4.79 Å². The van der Waals surface area contributed by atoms with Crippen LogP contribution < -0.4 is 10.2 Å². The quantitative estimate of drug-likeness (QED) is 0.813. The van der Waals surface area contributed by atoms with Crippen LogP contribution in [0.25, 0.3) is 0 Å². The average molecular weight is 390 g/mol. The minimum absolute atomic E-state index is 0.0122. The van der Waals surface area contributed by atoms with Gasteiger partial charge in [-0.15, -0.1) is 0 Å². The zero-order chi connectivity index (χ0) is 19.0. The molecule has 6 nitrogen and oxygen atoms in total. The van der Waals surface area contributed by atoms with Crippen LogP contribution in [0, 0.1) is 0 Å². The Morgan fingerprint density at radius 3 is 2.67 bits per heavy atom. The lowest BCUT2D eigenvalue weighted by Crippen LogP contribution is -3.13. The molecule has 0 saturated carbocycles. The summed E-state index contributed by atoms with van der Waals surface area (Å²) in [7, 11) is 1.72. The summed E-state index contributed by atoms with van der Waals surface area (Å²) in [5.41, 5.74) is 2.21. The first-order valence-corrected chi connectivity index (χ1v) is 10.1. The van der Waals surface area contributed by atoms with Crippen molar-refractivity contribution in [3.05, 3.63) is 46.1 Å². The van der Waals surface area contributed by atoms with Gasteiger partial charge < -0.3 is 15.1 Å². The lowest BCUT2D eigenvalue weighted by atomic mass is 9.96. The van der Waals surface area contributed by atoms with Crippen molar-refractivity contribution in [3.8, 4) is 0 Å². The predicted molar refractivity (Wildman–Crippen MR) is 104 cm³/mol. The monoisotopic (exact) mass is 389 g/mol. The number of rotatable bonds is 4. The Hall–Kier alpha value is -2.05. The number of hydrogen-bond acceptors (Lipinski definition) is 2. The lowest BCUT2D eigenvalue weighted by molar-refractivity contribution is -0.904. The number of hydrogen-bond donors (Lipinski definition) is 2. The van der Waals surface area contributed by atoms with Crippen molar-refractivity contribution in [2.75, 3.05) is 39.8 Å². The van der Waals surface area contributed by atoms with Gasteiger partial charge >= 0.3 is 6.03 Å². The molecule has 1 atom stereocenters. The van der Waals surface area contributed by atoms with Crippen LogP contribution in [0.1, 0.15) is 30.9 Å². The van der Waals surface area contributed by atoms with Gasteiger partial charge in [0.25, 0.3) is 5.91 Å². The van der Waals surface area contributed by atoms with E-state index in [1.807, 2.05) is 23.1 Å². The number of amides is 3. The molecule has 0 spiro atoms. The largest absolute Gasteiger partial charge is 0.333 e. The van der Waals surface area contributed by atoms with Gasteiger partial charge in [0.1, 0.15) is 0 Å². The Morgan fingerprint density at radius 1 is 1.19 bits per heavy atom. The number of nitrogens with zero attached hydrogens (tertiary/aromatic N) is 2. The number of halogens is 1. The number of nitrogens with one attached hydrogen (secondary N) is 2. The molecule has 144 valence electrons. The maximum absolute atomic E-state index is 13.2. The lowest BCUT2D eigenvalue weighted by Gasteiger charge is -2.31. The van der Waals surface area contributed by atoms with E-state index in [1.165, 1.54) is 32.4 Å². The number of quaternary nitrogens is 1. The molecule has 1 aromatic carbocycles. The smallest absolute Gasteiger partial charge is 0.322 e. The summed E-state index contributed by atoms with van der Waals surface area (Å²) in [6.45, 7) is 4.56. The highest BCUT2D eigenvalue weighted by molar-refractivity contribution is 6.31. The molecule has 2 N–H and O–H groups in total. The molecule has 3 aliphatic rings. The standard InChI is InChI=1S/C20H25ClN4O2/c1-23-16-13-25(12-11-24-9-5-2-6-10-24)19(26)17(16)18(22-20(23)27)14-7-3-4-8-15(14)21/h3-4,7-8,18H,2,5-6,9-13H2,1H3,(H,22,27)/p+1/t18-/m1/s1. The summed E-state index contributed by atoms with van der Waals surface area (Å²) in [6, 6.07) is 6.70. The molecule has 1 aromatic rings. The van der Waals surface area contributed by atoms with Crippen LogP contribution in [-0.2, 0) is 4.79 Å². The fourth-order valence-electron chi connectivity index (χ4n) is 4.34. The molecule has 3 heterocycles. The molecule has 1 fully saturated rings. The molecular formula is C20H26ClN4O2+. The van der Waals surface area contributed by atoms with Crippen LogP contribution in [0.5, 0.6) is 0 Å². The zero-order valence-corrected chi connectivity index (χ0v) is 16.4. The summed E-state index contributed by atoms with van der Waals surface area (Å²) < 4.78 is 0. The van der Waals surface area contributed by atoms with Crippen LogP contribution in [0.15, 0.2) is 35.5 Å². The van der Waals surface area contributed by atoms with Gasteiger partial charge in [0.2, 0.25) is 0 Å². The molecule has 0 aromatic heterocycles. The van der Waals surface area contributed by atoms with E-state index in [0.717, 1.165) is 24.4 Å². The molecule has 0 radical (unpaired) electrons. The number of urea groups is 1. The van der Waals surface area contributed by atoms with E-state index in [-0.39, 0.29) is 11.9 Å². The number of likely N-dealkylation sites (tertiary alicyclic amines) is 1. The van der Waals surface area contributed by atoms with Crippen molar-refractivity contribution in [1.29, 1.82) is 0 Å². The number of carbonyl (C=O) groups excluding carboxylic acids is 2. The van der Waals surface area contributed by atoms with E-state index >= 15 is 0 Å². The van der Waals surface area contributed by atoms with Gasteiger partial charge in [-0.05, 0) is 30.9 Å². The third-order valence-electron chi connectivity index (χ3n) is 5.95. The Kier molecular flexibility index (Phi) is 5.10. The highest BCUT2D eigenvalue weighted by Gasteiger charge is 2.43. The maximum Gasteiger partial charge on any atom is 0.322 e. The van der Waals surface area contributed by atoms with Crippen molar-refractivity contribution in [1.82, 2.24) is 15.1 Å². The molecule has 3 aliphatic heterocycles. The van der Waals surface area contributed by atoms with Gasteiger partial charge in [-0.2, -0.15) is 0 Å². The van der Waals surface area contributed by atoms with Crippen molar-refractivity contribution < 1.29 is 14.5 Å². The predicted octanol–water partition coefficient (Wildman–Crippen LogP) is 1.20. The fourth-order valence-corrected chi connectivity index (χ4v) is 4.59. The summed E-state index contributed by atoms with van der Waals surface area (Å²) in [6.07, 6.45) is 3.86. The van der Waals surface area contributed by atoms with E-state index in [4.69, 9.17) is 11.6 Å². The third-order valence-corrected chi connectivity index (χ3v) is 6.29. The normalized spacial score (nSPS) is 23.7. The molecule has 0 unspecified atom stereocenters. The topological polar surface area (TPSA) is 57.1 Å². The molecule has 0 aliphatic carbocycles. The van der Waals surface area contributed by atoms with Gasteiger partial charge in [-0.3, -0.25) is 9.69 Å². The Morgan fingerprint density at radius 2 is 1.93 bits per heavy atom. The first kappa shape index (κ1) is 18.3. The minimum Gasteiger partial charge on any atom is -0.333 e. The van der Waals surface area contributed by atoms with Gasteiger partial charge in [-0.1, -0.05) is 29.8 Å². The summed E-state index contributed by atoms with van der Waals surface area (Å²) >= 11 is 6.36.